The van der Waals surface area contributed by atoms with E-state index in [1.165, 1.54) is 0 Å². The molecule has 1 aliphatic heterocycles. The van der Waals surface area contributed by atoms with Crippen LogP contribution in [0.4, 0.5) is 0 Å². The molecule has 1 aromatic rings. The number of nitrogens with zero attached hydrogens (tertiary/aromatic N) is 1. The van der Waals surface area contributed by atoms with Gasteiger partial charge in [-0.15, -0.1) is 0 Å². The number of ether oxygens (including phenoxy) is 1. The van der Waals surface area contributed by atoms with E-state index in [1.54, 1.807) is 18.3 Å². The first-order valence-electron chi connectivity index (χ1n) is 5.36. The number of allylic oxidation sites excluding steroid dienone is 2. The molecule has 18 heavy (non-hydrogen) atoms. The first-order valence-corrected chi connectivity index (χ1v) is 6.16. The quantitative estimate of drug-likeness (QED) is 0.839. The fraction of sp³-hybridized carbons (Fsp3) is 0.154. The van der Waals surface area contributed by atoms with Crippen LogP contribution in [0.2, 0.25) is 0 Å². The molecular weight excluding hydrogens is 294 g/mol. The summed E-state index contributed by atoms with van der Waals surface area (Å²) in [5, 5.41) is 11.9. The van der Waals surface area contributed by atoms with E-state index in [4.69, 9.17) is 15.7 Å². The summed E-state index contributed by atoms with van der Waals surface area (Å²) in [6, 6.07) is 9.41. The van der Waals surface area contributed by atoms with Gasteiger partial charge in [0, 0.05) is 10.7 Å². The van der Waals surface area contributed by atoms with Crippen molar-refractivity contribution in [2.45, 2.75) is 12.5 Å². The predicted molar refractivity (Wildman–Crippen MR) is 72.2 cm³/mol. The van der Waals surface area contributed by atoms with Gasteiger partial charge in [-0.3, -0.25) is 5.73 Å². The van der Waals surface area contributed by atoms with Gasteiger partial charge in [-0.2, -0.15) is 5.26 Å². The summed E-state index contributed by atoms with van der Waals surface area (Å²) in [6.45, 7) is 0.267. The first-order chi connectivity index (χ1) is 8.63. The molecule has 0 fully saturated rings. The molecule has 0 saturated heterocycles. The van der Waals surface area contributed by atoms with Crippen LogP contribution in [0, 0.1) is 11.3 Å². The largest absolute Gasteiger partial charge is 0.347 e. The van der Waals surface area contributed by atoms with Gasteiger partial charge >= 0.3 is 0 Å². The second kappa shape index (κ2) is 5.36. The van der Waals surface area contributed by atoms with Gasteiger partial charge < -0.3 is 10.1 Å². The molecule has 0 bridgehead atoms. The Bertz CT molecular complexity index is 547. The lowest BCUT2D eigenvalue weighted by Crippen LogP contribution is -2.52. The average Bonchev–Trinajstić information content (AvgIpc) is 2.41. The van der Waals surface area contributed by atoms with Crippen molar-refractivity contribution in [2.24, 2.45) is 5.73 Å². The lowest BCUT2D eigenvalue weighted by Gasteiger charge is -2.29. The zero-order valence-corrected chi connectivity index (χ0v) is 11.1. The summed E-state index contributed by atoms with van der Waals surface area (Å²) in [5.74, 6) is -1.04. The maximum absolute atomic E-state index is 8.97. The molecule has 0 saturated carbocycles. The van der Waals surface area contributed by atoms with Crippen molar-refractivity contribution in [3.05, 3.63) is 58.2 Å². The van der Waals surface area contributed by atoms with E-state index in [-0.39, 0.29) is 6.61 Å². The van der Waals surface area contributed by atoms with E-state index in [9.17, 15) is 0 Å². The van der Waals surface area contributed by atoms with Crippen LogP contribution in [-0.4, -0.2) is 5.85 Å². The number of rotatable bonds is 3. The Hall–Kier alpha value is -1.61. The number of hydrogen-bond donors (Lipinski definition) is 2. The van der Waals surface area contributed by atoms with Gasteiger partial charge in [-0.1, -0.05) is 18.2 Å². The molecule has 1 unspecified atom stereocenters. The third kappa shape index (κ3) is 2.99. The maximum atomic E-state index is 8.97. The summed E-state index contributed by atoms with van der Waals surface area (Å²) in [5.41, 5.74) is 7.40. The van der Waals surface area contributed by atoms with Crippen LogP contribution >= 0.6 is 15.9 Å². The number of nitriles is 1. The van der Waals surface area contributed by atoms with Gasteiger partial charge in [-0.25, -0.2) is 0 Å². The van der Waals surface area contributed by atoms with Crippen molar-refractivity contribution in [3.63, 3.8) is 0 Å². The molecule has 92 valence electrons. The van der Waals surface area contributed by atoms with Crippen LogP contribution < -0.4 is 11.1 Å². The highest BCUT2D eigenvalue weighted by Gasteiger charge is 2.23. The standard InChI is InChI=1S/C13H12BrN3O/c14-12-5-6-13(16,17-8-12)18-9-11-4-2-1-3-10(11)7-15/h1-6,8,17H,9,16H2. The zero-order chi connectivity index (χ0) is 13.0. The fourth-order valence-electron chi connectivity index (χ4n) is 1.52. The van der Waals surface area contributed by atoms with Crippen molar-refractivity contribution in [1.82, 2.24) is 5.32 Å². The summed E-state index contributed by atoms with van der Waals surface area (Å²) in [7, 11) is 0. The molecule has 2 rings (SSSR count). The van der Waals surface area contributed by atoms with Crippen LogP contribution in [0.3, 0.4) is 0 Å². The van der Waals surface area contributed by atoms with E-state index >= 15 is 0 Å². The average molecular weight is 306 g/mol. The Morgan fingerprint density at radius 2 is 2.22 bits per heavy atom. The predicted octanol–water partition coefficient (Wildman–Crippen LogP) is 2.08. The lowest BCUT2D eigenvalue weighted by molar-refractivity contribution is -0.0322. The summed E-state index contributed by atoms with van der Waals surface area (Å²) >= 11 is 3.32. The van der Waals surface area contributed by atoms with Crippen LogP contribution in [0.15, 0.2) is 47.1 Å². The smallest absolute Gasteiger partial charge is 0.213 e. The second-order valence-electron chi connectivity index (χ2n) is 3.86. The highest BCUT2D eigenvalue weighted by molar-refractivity contribution is 9.11. The molecule has 1 heterocycles. The lowest BCUT2D eigenvalue weighted by atomic mass is 10.1. The fourth-order valence-corrected chi connectivity index (χ4v) is 1.77. The molecule has 4 nitrogen and oxygen atoms in total. The van der Waals surface area contributed by atoms with Crippen LogP contribution in [-0.2, 0) is 11.3 Å². The van der Waals surface area contributed by atoms with Crippen molar-refractivity contribution >= 4 is 15.9 Å². The minimum absolute atomic E-state index is 0.267. The molecule has 1 atom stereocenters. The summed E-state index contributed by atoms with van der Waals surface area (Å²) in [6.07, 6.45) is 5.25. The third-order valence-corrected chi connectivity index (χ3v) is 3.02. The topological polar surface area (TPSA) is 71.1 Å². The second-order valence-corrected chi connectivity index (χ2v) is 4.77. The van der Waals surface area contributed by atoms with Crippen molar-refractivity contribution in [2.75, 3.05) is 0 Å². The molecule has 3 N–H and O–H groups in total. The molecule has 0 radical (unpaired) electrons. The van der Waals surface area contributed by atoms with Crippen LogP contribution in [0.25, 0.3) is 0 Å². The van der Waals surface area contributed by atoms with Crippen LogP contribution in [0.5, 0.6) is 0 Å². The minimum Gasteiger partial charge on any atom is -0.347 e. The molecule has 1 aromatic carbocycles. The maximum Gasteiger partial charge on any atom is 0.213 e. The van der Waals surface area contributed by atoms with Gasteiger partial charge in [0.15, 0.2) is 0 Å². The molecule has 1 aliphatic rings. The molecular formula is C13H12BrN3O. The highest BCUT2D eigenvalue weighted by Crippen LogP contribution is 2.17. The number of benzene rings is 1. The Labute approximate surface area is 114 Å². The summed E-state index contributed by atoms with van der Waals surface area (Å²) in [4.78, 5) is 0. The first kappa shape index (κ1) is 12.8. The van der Waals surface area contributed by atoms with E-state index in [2.05, 4.69) is 27.3 Å². The van der Waals surface area contributed by atoms with Gasteiger partial charge in [0.1, 0.15) is 0 Å². The number of dihydropyridines is 1. The Morgan fingerprint density at radius 1 is 1.44 bits per heavy atom. The van der Waals surface area contributed by atoms with Crippen molar-refractivity contribution in [1.29, 1.82) is 5.26 Å². The number of nitrogens with one attached hydrogen (secondary N) is 1. The third-order valence-electron chi connectivity index (χ3n) is 2.53. The molecule has 0 spiro atoms. The highest BCUT2D eigenvalue weighted by atomic mass is 79.9. The van der Waals surface area contributed by atoms with Crippen molar-refractivity contribution < 1.29 is 4.74 Å². The number of nitrogens with two attached hydrogens (primary N) is 1. The van der Waals surface area contributed by atoms with Crippen molar-refractivity contribution in [3.8, 4) is 6.07 Å². The molecule has 0 aliphatic carbocycles. The Morgan fingerprint density at radius 3 is 2.89 bits per heavy atom. The number of halogens is 1. The number of hydrogen-bond acceptors (Lipinski definition) is 4. The van der Waals surface area contributed by atoms with Gasteiger partial charge in [0.2, 0.25) is 5.85 Å². The summed E-state index contributed by atoms with van der Waals surface area (Å²) < 4.78 is 6.50. The SMILES string of the molecule is N#Cc1ccccc1COC1(N)C=CC(Br)=CN1. The van der Waals surface area contributed by atoms with E-state index in [0.717, 1.165) is 10.0 Å². The Kier molecular flexibility index (Phi) is 3.82. The molecule has 0 amide bonds. The van der Waals surface area contributed by atoms with E-state index in [0.29, 0.717) is 5.56 Å². The zero-order valence-electron chi connectivity index (χ0n) is 9.56. The van der Waals surface area contributed by atoms with Gasteiger partial charge in [0.05, 0.1) is 18.2 Å². The molecule has 0 aromatic heterocycles. The van der Waals surface area contributed by atoms with E-state index < -0.39 is 5.85 Å². The van der Waals surface area contributed by atoms with Crippen LogP contribution in [0.1, 0.15) is 11.1 Å². The van der Waals surface area contributed by atoms with E-state index in [1.807, 2.05) is 24.3 Å². The monoisotopic (exact) mass is 305 g/mol. The van der Waals surface area contributed by atoms with Gasteiger partial charge in [-0.05, 0) is 39.7 Å². The van der Waals surface area contributed by atoms with Gasteiger partial charge in [0.25, 0.3) is 0 Å². The Balaban J connectivity index is 2.05. The normalized spacial score (nSPS) is 21.9. The minimum atomic E-state index is -1.04. The molecule has 5 heteroatoms.